The Morgan fingerprint density at radius 1 is 1.11 bits per heavy atom. The number of likely N-dealkylation sites (N-methyl/N-ethyl adjacent to an activating group) is 1. The molecular weight excluding hydrogens is 246 g/mol. The van der Waals surface area contributed by atoms with Crippen molar-refractivity contribution in [2.75, 3.05) is 40.6 Å². The molecule has 0 fully saturated rings. The summed E-state index contributed by atoms with van der Waals surface area (Å²) < 4.78 is 15.3. The van der Waals surface area contributed by atoms with E-state index >= 15 is 0 Å². The molecule has 0 rings (SSSR count). The van der Waals surface area contributed by atoms with Gasteiger partial charge in [-0.15, -0.1) is 0 Å². The molecule has 0 aliphatic carbocycles. The van der Waals surface area contributed by atoms with E-state index in [0.29, 0.717) is 0 Å². The Morgan fingerprint density at radius 2 is 1.79 bits per heavy atom. The van der Waals surface area contributed by atoms with Crippen molar-refractivity contribution in [3.63, 3.8) is 0 Å². The van der Waals surface area contributed by atoms with Crippen LogP contribution in [0.15, 0.2) is 0 Å². The van der Waals surface area contributed by atoms with Crippen molar-refractivity contribution < 1.29 is 19.0 Å². The predicted octanol–water partition coefficient (Wildman–Crippen LogP) is 1.75. The van der Waals surface area contributed by atoms with Gasteiger partial charge in [0, 0.05) is 26.9 Å². The molecule has 1 atom stereocenters. The molecule has 0 aliphatic heterocycles. The summed E-state index contributed by atoms with van der Waals surface area (Å²) in [7, 11) is 3.12. The second kappa shape index (κ2) is 11.2. The topological polar surface area (TPSA) is 56.8 Å². The van der Waals surface area contributed by atoms with Crippen LogP contribution in [0.5, 0.6) is 0 Å². The molecule has 0 spiro atoms. The Kier molecular flexibility index (Phi) is 10.8. The number of hydrogen-bond donors (Lipinski definition) is 1. The zero-order chi connectivity index (χ0) is 14.6. The fraction of sp³-hybridized carbons (Fsp3) is 0.929. The summed E-state index contributed by atoms with van der Waals surface area (Å²) in [5.74, 6) is -0.199. The van der Waals surface area contributed by atoms with Gasteiger partial charge in [0.05, 0.1) is 7.11 Å². The van der Waals surface area contributed by atoms with E-state index in [1.54, 1.807) is 7.11 Å². The molecule has 0 aromatic heterocycles. The second-order valence-electron chi connectivity index (χ2n) is 4.77. The fourth-order valence-electron chi connectivity index (χ4n) is 1.97. The second-order valence-corrected chi connectivity index (χ2v) is 4.77. The lowest BCUT2D eigenvalue weighted by molar-refractivity contribution is -0.148. The summed E-state index contributed by atoms with van der Waals surface area (Å²) in [6, 6.07) is 0. The molecule has 1 N–H and O–H groups in total. The molecule has 0 heterocycles. The molecule has 0 aliphatic rings. The third-order valence-corrected chi connectivity index (χ3v) is 3.06. The van der Waals surface area contributed by atoms with E-state index in [2.05, 4.69) is 5.32 Å². The van der Waals surface area contributed by atoms with Crippen molar-refractivity contribution in [2.24, 2.45) is 0 Å². The number of carbonyl (C=O) groups excluding carboxylic acids is 1. The fourth-order valence-corrected chi connectivity index (χ4v) is 1.97. The van der Waals surface area contributed by atoms with Gasteiger partial charge >= 0.3 is 5.97 Å². The highest BCUT2D eigenvalue weighted by atomic mass is 16.5. The van der Waals surface area contributed by atoms with E-state index in [1.165, 1.54) is 7.11 Å². The highest BCUT2D eigenvalue weighted by molar-refractivity contribution is 5.80. The zero-order valence-corrected chi connectivity index (χ0v) is 12.8. The Morgan fingerprint density at radius 3 is 2.37 bits per heavy atom. The first-order valence-electron chi connectivity index (χ1n) is 7.00. The van der Waals surface area contributed by atoms with Gasteiger partial charge < -0.3 is 19.5 Å². The van der Waals surface area contributed by atoms with E-state index in [9.17, 15) is 4.79 Å². The van der Waals surface area contributed by atoms with Crippen molar-refractivity contribution in [1.29, 1.82) is 0 Å². The first-order valence-corrected chi connectivity index (χ1v) is 7.00. The van der Waals surface area contributed by atoms with Crippen LogP contribution in [0.4, 0.5) is 0 Å². The molecule has 0 aromatic carbocycles. The van der Waals surface area contributed by atoms with Crippen LogP contribution >= 0.6 is 0 Å². The molecule has 19 heavy (non-hydrogen) atoms. The van der Waals surface area contributed by atoms with E-state index < -0.39 is 5.54 Å². The van der Waals surface area contributed by atoms with Crippen molar-refractivity contribution in [1.82, 2.24) is 5.32 Å². The van der Waals surface area contributed by atoms with Crippen LogP contribution in [0.2, 0.25) is 0 Å². The maximum absolute atomic E-state index is 11.7. The van der Waals surface area contributed by atoms with Crippen LogP contribution < -0.4 is 5.32 Å². The Balaban J connectivity index is 3.73. The molecule has 5 heteroatoms. The van der Waals surface area contributed by atoms with Crippen LogP contribution in [-0.4, -0.2) is 52.1 Å². The van der Waals surface area contributed by atoms with E-state index in [4.69, 9.17) is 14.2 Å². The average molecular weight is 275 g/mol. The van der Waals surface area contributed by atoms with Crippen molar-refractivity contribution in [3.05, 3.63) is 0 Å². The number of esters is 1. The summed E-state index contributed by atoms with van der Waals surface area (Å²) in [5, 5.41) is 3.20. The molecule has 0 radical (unpaired) electrons. The maximum Gasteiger partial charge on any atom is 0.325 e. The zero-order valence-electron chi connectivity index (χ0n) is 12.8. The Bertz CT molecular complexity index is 235. The minimum Gasteiger partial charge on any atom is -0.468 e. The monoisotopic (exact) mass is 275 g/mol. The SMILES string of the molecule is CCNC(C)(CCCCOCCCOC)C(=O)OC. The van der Waals surface area contributed by atoms with Crippen LogP contribution in [0, 0.1) is 0 Å². The summed E-state index contributed by atoms with van der Waals surface area (Å²) in [6.07, 6.45) is 3.57. The highest BCUT2D eigenvalue weighted by Crippen LogP contribution is 2.15. The van der Waals surface area contributed by atoms with Gasteiger partial charge in [-0.2, -0.15) is 0 Å². The summed E-state index contributed by atoms with van der Waals surface area (Å²) >= 11 is 0. The third-order valence-electron chi connectivity index (χ3n) is 3.06. The standard InChI is InChI=1S/C14H29NO4/c1-5-15-14(2,13(16)18-4)9-6-7-11-19-12-8-10-17-3/h15H,5-12H2,1-4H3. The van der Waals surface area contributed by atoms with Gasteiger partial charge in [0.15, 0.2) is 0 Å². The van der Waals surface area contributed by atoms with E-state index in [1.807, 2.05) is 13.8 Å². The van der Waals surface area contributed by atoms with Gasteiger partial charge in [-0.25, -0.2) is 0 Å². The van der Waals surface area contributed by atoms with E-state index in [0.717, 1.165) is 52.0 Å². The minimum atomic E-state index is -0.584. The predicted molar refractivity (Wildman–Crippen MR) is 75.3 cm³/mol. The van der Waals surface area contributed by atoms with Crippen LogP contribution in [0.3, 0.4) is 0 Å². The van der Waals surface area contributed by atoms with E-state index in [-0.39, 0.29) is 5.97 Å². The van der Waals surface area contributed by atoms with Crippen LogP contribution in [0.1, 0.15) is 39.5 Å². The molecule has 5 nitrogen and oxygen atoms in total. The van der Waals surface area contributed by atoms with Gasteiger partial charge in [0.25, 0.3) is 0 Å². The molecule has 0 amide bonds. The Labute approximate surface area is 117 Å². The molecule has 0 bridgehead atoms. The van der Waals surface area contributed by atoms with Gasteiger partial charge in [-0.3, -0.25) is 4.79 Å². The number of carbonyl (C=O) groups is 1. The van der Waals surface area contributed by atoms with Crippen molar-refractivity contribution in [2.45, 2.75) is 45.1 Å². The molecule has 0 saturated carbocycles. The van der Waals surface area contributed by atoms with Gasteiger partial charge in [-0.05, 0) is 39.2 Å². The van der Waals surface area contributed by atoms with Crippen molar-refractivity contribution >= 4 is 5.97 Å². The number of rotatable bonds is 12. The molecule has 0 aromatic rings. The first-order chi connectivity index (χ1) is 9.10. The lowest BCUT2D eigenvalue weighted by atomic mass is 9.95. The third kappa shape index (κ3) is 8.18. The van der Waals surface area contributed by atoms with Crippen LogP contribution in [0.25, 0.3) is 0 Å². The quantitative estimate of drug-likeness (QED) is 0.434. The number of nitrogens with one attached hydrogen (secondary N) is 1. The summed E-state index contributed by atoms with van der Waals surface area (Å²) in [4.78, 5) is 11.7. The Hall–Kier alpha value is -0.650. The maximum atomic E-state index is 11.7. The molecule has 1 unspecified atom stereocenters. The van der Waals surface area contributed by atoms with Gasteiger partial charge in [0.1, 0.15) is 5.54 Å². The average Bonchev–Trinajstić information content (AvgIpc) is 2.41. The lowest BCUT2D eigenvalue weighted by Gasteiger charge is -2.27. The molecular formula is C14H29NO4. The molecule has 114 valence electrons. The lowest BCUT2D eigenvalue weighted by Crippen LogP contribution is -2.50. The van der Waals surface area contributed by atoms with Gasteiger partial charge in [0.2, 0.25) is 0 Å². The summed E-state index contributed by atoms with van der Waals surface area (Å²) in [6.45, 7) is 6.82. The number of ether oxygens (including phenoxy) is 3. The van der Waals surface area contributed by atoms with Crippen molar-refractivity contribution in [3.8, 4) is 0 Å². The molecule has 0 saturated heterocycles. The first kappa shape index (κ1) is 18.4. The summed E-state index contributed by atoms with van der Waals surface area (Å²) in [5.41, 5.74) is -0.584. The smallest absolute Gasteiger partial charge is 0.325 e. The van der Waals surface area contributed by atoms with Gasteiger partial charge in [-0.1, -0.05) is 6.92 Å². The number of hydrogen-bond acceptors (Lipinski definition) is 5. The largest absolute Gasteiger partial charge is 0.468 e. The minimum absolute atomic E-state index is 0.199. The van der Waals surface area contributed by atoms with Crippen LogP contribution in [-0.2, 0) is 19.0 Å². The normalized spacial score (nSPS) is 14.1. The highest BCUT2D eigenvalue weighted by Gasteiger charge is 2.32. The number of unbranched alkanes of at least 4 members (excludes halogenated alkanes) is 1. The number of methoxy groups -OCH3 is 2.